The largest absolute Gasteiger partial charge is 0.325 e. The predicted octanol–water partition coefficient (Wildman–Crippen LogP) is 2.30. The molecule has 1 aromatic heterocycles. The molecule has 94 valence electrons. The molecule has 18 heavy (non-hydrogen) atoms. The van der Waals surface area contributed by atoms with Crippen molar-refractivity contribution >= 4 is 22.5 Å². The van der Waals surface area contributed by atoms with Gasteiger partial charge in [-0.15, -0.1) is 0 Å². The van der Waals surface area contributed by atoms with E-state index in [1.54, 1.807) is 6.20 Å². The summed E-state index contributed by atoms with van der Waals surface area (Å²) in [6, 6.07) is 9.02. The molecule has 1 amide bonds. The Morgan fingerprint density at radius 2 is 2.28 bits per heavy atom. The van der Waals surface area contributed by atoms with E-state index in [2.05, 4.69) is 10.3 Å². The van der Waals surface area contributed by atoms with Crippen molar-refractivity contribution in [1.29, 1.82) is 0 Å². The molecule has 0 aliphatic rings. The summed E-state index contributed by atoms with van der Waals surface area (Å²) in [5.41, 5.74) is 7.43. The quantitative estimate of drug-likeness (QED) is 0.865. The Kier molecular flexibility index (Phi) is 3.89. The number of aromatic nitrogens is 1. The lowest BCUT2D eigenvalue weighted by Crippen LogP contribution is -2.35. The highest BCUT2D eigenvalue weighted by Crippen LogP contribution is 2.17. The number of anilines is 1. The van der Waals surface area contributed by atoms with Crippen LogP contribution in [0.5, 0.6) is 0 Å². The number of amides is 1. The van der Waals surface area contributed by atoms with Crippen molar-refractivity contribution in [3.8, 4) is 0 Å². The lowest BCUT2D eigenvalue weighted by molar-refractivity contribution is -0.117. The van der Waals surface area contributed by atoms with Crippen molar-refractivity contribution in [3.05, 3.63) is 36.5 Å². The fourth-order valence-electron chi connectivity index (χ4n) is 1.83. The number of fused-ring (bicyclic) bond motifs is 1. The van der Waals surface area contributed by atoms with Gasteiger partial charge in [-0.3, -0.25) is 9.78 Å². The molecule has 1 heterocycles. The zero-order chi connectivity index (χ0) is 13.0. The molecule has 0 spiro atoms. The lowest BCUT2D eigenvalue weighted by Gasteiger charge is -2.11. The van der Waals surface area contributed by atoms with E-state index in [0.29, 0.717) is 6.42 Å². The maximum absolute atomic E-state index is 11.8. The van der Waals surface area contributed by atoms with Gasteiger partial charge in [-0.2, -0.15) is 0 Å². The van der Waals surface area contributed by atoms with Gasteiger partial charge in [-0.05, 0) is 30.7 Å². The molecule has 1 aromatic carbocycles. The zero-order valence-corrected chi connectivity index (χ0v) is 10.4. The van der Waals surface area contributed by atoms with Gasteiger partial charge in [0.05, 0.1) is 11.6 Å². The van der Waals surface area contributed by atoms with Gasteiger partial charge in [0.2, 0.25) is 5.91 Å². The van der Waals surface area contributed by atoms with Crippen LogP contribution in [0, 0.1) is 0 Å². The average Bonchev–Trinajstić information content (AvgIpc) is 2.39. The van der Waals surface area contributed by atoms with Gasteiger partial charge >= 0.3 is 0 Å². The molecule has 0 bridgehead atoms. The molecule has 2 aromatic rings. The molecular formula is C14H17N3O. The molecule has 1 atom stereocenters. The van der Waals surface area contributed by atoms with Crippen LogP contribution in [0.15, 0.2) is 36.5 Å². The third kappa shape index (κ3) is 2.84. The Balaban J connectivity index is 2.14. The van der Waals surface area contributed by atoms with Crippen LogP contribution in [-0.2, 0) is 4.79 Å². The van der Waals surface area contributed by atoms with Crippen LogP contribution in [0.1, 0.15) is 19.8 Å². The lowest BCUT2D eigenvalue weighted by atomic mass is 10.1. The number of benzene rings is 1. The SMILES string of the molecule is CCCC(N)C(=O)Nc1ccc2ncccc2c1. The van der Waals surface area contributed by atoms with E-state index < -0.39 is 6.04 Å². The van der Waals surface area contributed by atoms with Gasteiger partial charge in [0.1, 0.15) is 0 Å². The van der Waals surface area contributed by atoms with Gasteiger partial charge in [0.15, 0.2) is 0 Å². The van der Waals surface area contributed by atoms with Crippen LogP contribution >= 0.6 is 0 Å². The predicted molar refractivity (Wildman–Crippen MR) is 73.3 cm³/mol. The minimum Gasteiger partial charge on any atom is -0.325 e. The van der Waals surface area contributed by atoms with Crippen LogP contribution in [0.3, 0.4) is 0 Å². The second-order valence-electron chi connectivity index (χ2n) is 4.30. The summed E-state index contributed by atoms with van der Waals surface area (Å²) in [6.07, 6.45) is 3.34. The minimum absolute atomic E-state index is 0.139. The molecule has 0 saturated carbocycles. The summed E-state index contributed by atoms with van der Waals surface area (Å²) in [5, 5.41) is 3.83. The van der Waals surface area contributed by atoms with Gasteiger partial charge in [0, 0.05) is 17.3 Å². The van der Waals surface area contributed by atoms with Crippen LogP contribution in [0.25, 0.3) is 10.9 Å². The van der Waals surface area contributed by atoms with Gasteiger partial charge in [-0.1, -0.05) is 19.4 Å². The Morgan fingerprint density at radius 1 is 1.44 bits per heavy atom. The molecular weight excluding hydrogens is 226 g/mol. The van der Waals surface area contributed by atoms with Gasteiger partial charge in [-0.25, -0.2) is 0 Å². The minimum atomic E-state index is -0.445. The summed E-state index contributed by atoms with van der Waals surface area (Å²) in [5.74, 6) is -0.139. The smallest absolute Gasteiger partial charge is 0.241 e. The van der Waals surface area contributed by atoms with Crippen molar-refractivity contribution in [2.75, 3.05) is 5.32 Å². The topological polar surface area (TPSA) is 68.0 Å². The van der Waals surface area contributed by atoms with E-state index in [-0.39, 0.29) is 5.91 Å². The molecule has 3 N–H and O–H groups in total. The number of rotatable bonds is 4. The Morgan fingerprint density at radius 3 is 3.06 bits per heavy atom. The molecule has 4 heteroatoms. The number of pyridine rings is 1. The number of carbonyl (C=O) groups excluding carboxylic acids is 1. The number of hydrogen-bond donors (Lipinski definition) is 2. The highest BCUT2D eigenvalue weighted by molar-refractivity contribution is 5.96. The normalized spacial score (nSPS) is 12.3. The van der Waals surface area contributed by atoms with Crippen LogP contribution in [-0.4, -0.2) is 16.9 Å². The summed E-state index contributed by atoms with van der Waals surface area (Å²) in [4.78, 5) is 16.0. The Hall–Kier alpha value is -1.94. The van der Waals surface area contributed by atoms with Crippen molar-refractivity contribution in [3.63, 3.8) is 0 Å². The number of nitrogens with one attached hydrogen (secondary N) is 1. The summed E-state index contributed by atoms with van der Waals surface area (Å²) in [7, 11) is 0. The third-order valence-electron chi connectivity index (χ3n) is 2.81. The standard InChI is InChI=1S/C14H17N3O/c1-2-4-12(15)14(18)17-11-6-7-13-10(9-11)5-3-8-16-13/h3,5-9,12H,2,4,15H2,1H3,(H,17,18). The molecule has 0 aliphatic heterocycles. The van der Waals surface area contributed by atoms with Crippen LogP contribution in [0.2, 0.25) is 0 Å². The van der Waals surface area contributed by atoms with E-state index in [1.165, 1.54) is 0 Å². The maximum Gasteiger partial charge on any atom is 0.241 e. The van der Waals surface area contributed by atoms with E-state index >= 15 is 0 Å². The van der Waals surface area contributed by atoms with Crippen molar-refractivity contribution < 1.29 is 4.79 Å². The fraction of sp³-hybridized carbons (Fsp3) is 0.286. The first kappa shape index (κ1) is 12.5. The van der Waals surface area contributed by atoms with Crippen LogP contribution < -0.4 is 11.1 Å². The molecule has 4 nitrogen and oxygen atoms in total. The van der Waals surface area contributed by atoms with Gasteiger partial charge < -0.3 is 11.1 Å². The summed E-state index contributed by atoms with van der Waals surface area (Å²) in [6.45, 7) is 2.01. The number of hydrogen-bond acceptors (Lipinski definition) is 3. The maximum atomic E-state index is 11.8. The summed E-state index contributed by atoms with van der Waals surface area (Å²) >= 11 is 0. The first-order valence-electron chi connectivity index (χ1n) is 6.12. The highest BCUT2D eigenvalue weighted by atomic mass is 16.2. The molecule has 2 rings (SSSR count). The first-order chi connectivity index (χ1) is 8.70. The van der Waals surface area contributed by atoms with Crippen molar-refractivity contribution in [1.82, 2.24) is 4.98 Å². The summed E-state index contributed by atoms with van der Waals surface area (Å²) < 4.78 is 0. The average molecular weight is 243 g/mol. The monoisotopic (exact) mass is 243 g/mol. The number of carbonyl (C=O) groups is 1. The molecule has 0 fully saturated rings. The van der Waals surface area contributed by atoms with Crippen molar-refractivity contribution in [2.24, 2.45) is 5.73 Å². The fourth-order valence-corrected chi connectivity index (χ4v) is 1.83. The van der Waals surface area contributed by atoms with Gasteiger partial charge in [0.25, 0.3) is 0 Å². The highest BCUT2D eigenvalue weighted by Gasteiger charge is 2.12. The number of nitrogens with two attached hydrogens (primary N) is 1. The van der Waals surface area contributed by atoms with E-state index in [1.807, 2.05) is 37.3 Å². The van der Waals surface area contributed by atoms with Crippen molar-refractivity contribution in [2.45, 2.75) is 25.8 Å². The number of nitrogens with zero attached hydrogens (tertiary/aromatic N) is 1. The van der Waals surface area contributed by atoms with E-state index in [9.17, 15) is 4.79 Å². The molecule has 0 aliphatic carbocycles. The second-order valence-corrected chi connectivity index (χ2v) is 4.30. The molecule has 1 unspecified atom stereocenters. The Bertz CT molecular complexity index is 553. The van der Waals surface area contributed by atoms with E-state index in [0.717, 1.165) is 23.0 Å². The van der Waals surface area contributed by atoms with E-state index in [4.69, 9.17) is 5.73 Å². The second kappa shape index (κ2) is 5.60. The first-order valence-corrected chi connectivity index (χ1v) is 6.12. The molecule has 0 saturated heterocycles. The zero-order valence-electron chi connectivity index (χ0n) is 10.4. The van der Waals surface area contributed by atoms with Crippen LogP contribution in [0.4, 0.5) is 5.69 Å². The third-order valence-corrected chi connectivity index (χ3v) is 2.81. The Labute approximate surface area is 106 Å². The molecule has 0 radical (unpaired) electrons.